The molecule has 1 unspecified atom stereocenters. The molecule has 0 radical (unpaired) electrons. The Hall–Kier alpha value is -3.58. The second kappa shape index (κ2) is 11.5. The van der Waals surface area contributed by atoms with Gasteiger partial charge < -0.3 is 20.1 Å². The molecule has 0 saturated carbocycles. The van der Waals surface area contributed by atoms with Crippen molar-refractivity contribution >= 4 is 29.2 Å². The van der Waals surface area contributed by atoms with Crippen molar-refractivity contribution < 1.29 is 19.1 Å². The maximum Gasteiger partial charge on any atom is 0.268 e. The first-order valence-corrected chi connectivity index (χ1v) is 11.9. The van der Waals surface area contributed by atoms with Gasteiger partial charge in [0.25, 0.3) is 11.8 Å². The van der Waals surface area contributed by atoms with E-state index >= 15 is 0 Å². The Kier molecular flexibility index (Phi) is 8.49. The molecule has 0 spiro atoms. The number of rotatable bonds is 9. The second-order valence-electron chi connectivity index (χ2n) is 7.89. The van der Waals surface area contributed by atoms with Gasteiger partial charge in [-0.15, -0.1) is 11.3 Å². The Morgan fingerprint density at radius 2 is 1.79 bits per heavy atom. The van der Waals surface area contributed by atoms with Gasteiger partial charge in [0.2, 0.25) is 0 Å². The van der Waals surface area contributed by atoms with Crippen molar-refractivity contribution in [2.45, 2.75) is 33.2 Å². The van der Waals surface area contributed by atoms with Gasteiger partial charge in [-0.25, -0.2) is 0 Å². The van der Waals surface area contributed by atoms with Gasteiger partial charge in [0, 0.05) is 10.4 Å². The molecule has 0 fully saturated rings. The van der Waals surface area contributed by atoms with Gasteiger partial charge in [-0.05, 0) is 67.1 Å². The molecule has 0 aliphatic carbocycles. The van der Waals surface area contributed by atoms with E-state index in [1.807, 2.05) is 50.4 Å². The highest BCUT2D eigenvalue weighted by molar-refractivity contribution is 7.10. The van der Waals surface area contributed by atoms with Crippen LogP contribution in [0.3, 0.4) is 0 Å². The minimum atomic E-state index is -0.418. The average Bonchev–Trinajstić information content (AvgIpc) is 3.35. The van der Waals surface area contributed by atoms with Crippen molar-refractivity contribution in [3.05, 3.63) is 86.7 Å². The van der Waals surface area contributed by atoms with Gasteiger partial charge in [0.05, 0.1) is 20.3 Å². The quantitative estimate of drug-likeness (QED) is 0.403. The number of ether oxygens (including phenoxy) is 2. The molecule has 6 nitrogen and oxygen atoms in total. The lowest BCUT2D eigenvalue weighted by atomic mass is 9.97. The number of carbonyl (C=O) groups is 2. The highest BCUT2D eigenvalue weighted by atomic mass is 32.1. The monoisotopic (exact) mass is 478 g/mol. The minimum absolute atomic E-state index is 0.172. The summed E-state index contributed by atoms with van der Waals surface area (Å²) >= 11 is 1.48. The van der Waals surface area contributed by atoms with E-state index in [1.54, 1.807) is 24.3 Å². The normalized spacial score (nSPS) is 12.1. The molecule has 3 rings (SSSR count). The summed E-state index contributed by atoms with van der Waals surface area (Å²) in [6.07, 6.45) is 2.40. The van der Waals surface area contributed by atoms with Crippen LogP contribution in [0.15, 0.2) is 59.6 Å². The number of methoxy groups -OCH3 is 2. The number of benzene rings is 2. The maximum absolute atomic E-state index is 13.3. The van der Waals surface area contributed by atoms with Gasteiger partial charge in [0.1, 0.15) is 5.70 Å². The topological polar surface area (TPSA) is 76.7 Å². The van der Waals surface area contributed by atoms with Gasteiger partial charge in [-0.1, -0.05) is 36.8 Å². The first kappa shape index (κ1) is 25.1. The Morgan fingerprint density at radius 1 is 1.03 bits per heavy atom. The van der Waals surface area contributed by atoms with E-state index in [2.05, 4.69) is 16.7 Å². The SMILES string of the molecule is CCC(NC(=O)/C(=C/c1cccs1)NC(=O)c1ccc(OC)c(OC)c1)c1ccc(C)cc1C. The third-order valence-corrected chi connectivity index (χ3v) is 6.30. The summed E-state index contributed by atoms with van der Waals surface area (Å²) in [5.74, 6) is 0.183. The van der Waals surface area contributed by atoms with E-state index in [4.69, 9.17) is 9.47 Å². The number of thiophene rings is 1. The van der Waals surface area contributed by atoms with Crippen LogP contribution in [0.2, 0.25) is 0 Å². The zero-order valence-electron chi connectivity index (χ0n) is 20.1. The number of nitrogens with one attached hydrogen (secondary N) is 2. The summed E-state index contributed by atoms with van der Waals surface area (Å²) < 4.78 is 10.5. The summed E-state index contributed by atoms with van der Waals surface area (Å²) in [6.45, 7) is 6.11. The van der Waals surface area contributed by atoms with Gasteiger partial charge in [0.15, 0.2) is 11.5 Å². The fourth-order valence-electron chi connectivity index (χ4n) is 3.70. The van der Waals surface area contributed by atoms with Crippen molar-refractivity contribution in [1.82, 2.24) is 10.6 Å². The maximum atomic E-state index is 13.3. The van der Waals surface area contributed by atoms with E-state index in [-0.39, 0.29) is 17.6 Å². The Labute approximate surface area is 204 Å². The zero-order valence-corrected chi connectivity index (χ0v) is 20.9. The molecule has 7 heteroatoms. The summed E-state index contributed by atoms with van der Waals surface area (Å²) in [5.41, 5.74) is 3.87. The van der Waals surface area contributed by atoms with E-state index in [0.717, 1.165) is 16.0 Å². The first-order valence-electron chi connectivity index (χ1n) is 11.0. The summed E-state index contributed by atoms with van der Waals surface area (Å²) in [7, 11) is 3.04. The fourth-order valence-corrected chi connectivity index (χ4v) is 4.36. The Morgan fingerprint density at radius 3 is 2.41 bits per heavy atom. The fraction of sp³-hybridized carbons (Fsp3) is 0.259. The van der Waals surface area contributed by atoms with Crippen LogP contribution >= 0.6 is 11.3 Å². The molecule has 34 heavy (non-hydrogen) atoms. The van der Waals surface area contributed by atoms with Crippen LogP contribution in [-0.4, -0.2) is 26.0 Å². The predicted octanol–water partition coefficient (Wildman–Crippen LogP) is 5.42. The van der Waals surface area contributed by atoms with Crippen LogP contribution in [0.4, 0.5) is 0 Å². The van der Waals surface area contributed by atoms with Crippen LogP contribution in [0.1, 0.15) is 51.3 Å². The van der Waals surface area contributed by atoms with E-state index in [9.17, 15) is 9.59 Å². The van der Waals surface area contributed by atoms with E-state index in [1.165, 1.54) is 31.1 Å². The molecule has 1 aromatic heterocycles. The molecule has 2 amide bonds. The molecule has 0 aliphatic rings. The summed E-state index contributed by atoms with van der Waals surface area (Å²) in [4.78, 5) is 27.3. The predicted molar refractivity (Wildman–Crippen MR) is 136 cm³/mol. The average molecular weight is 479 g/mol. The largest absolute Gasteiger partial charge is 0.493 e. The van der Waals surface area contributed by atoms with Gasteiger partial charge in [-0.2, -0.15) is 0 Å². The molecule has 1 atom stereocenters. The Balaban J connectivity index is 1.87. The summed E-state index contributed by atoms with van der Waals surface area (Å²) in [5, 5.41) is 7.80. The molecular weight excluding hydrogens is 448 g/mol. The standard InChI is InChI=1S/C27H30N2O4S/c1-6-22(21-11-9-17(2)14-18(21)3)28-27(31)23(16-20-8-7-13-34-20)29-26(30)19-10-12-24(32-4)25(15-19)33-5/h7-16,22H,6H2,1-5H3,(H,28,31)(H,29,30)/b23-16-. The molecule has 178 valence electrons. The lowest BCUT2D eigenvalue weighted by Gasteiger charge is -2.21. The molecule has 0 saturated heterocycles. The lowest BCUT2D eigenvalue weighted by molar-refractivity contribution is -0.118. The van der Waals surface area contributed by atoms with Crippen LogP contribution in [0.25, 0.3) is 6.08 Å². The van der Waals surface area contributed by atoms with Crippen LogP contribution < -0.4 is 20.1 Å². The molecule has 0 aliphatic heterocycles. The van der Waals surface area contributed by atoms with Crippen molar-refractivity contribution in [2.75, 3.05) is 14.2 Å². The second-order valence-corrected chi connectivity index (χ2v) is 8.87. The third kappa shape index (κ3) is 6.05. The molecule has 1 heterocycles. The van der Waals surface area contributed by atoms with Crippen LogP contribution in [0.5, 0.6) is 11.5 Å². The van der Waals surface area contributed by atoms with Gasteiger partial charge >= 0.3 is 0 Å². The highest BCUT2D eigenvalue weighted by Crippen LogP contribution is 2.28. The number of aryl methyl sites for hydroxylation is 2. The molecule has 3 aromatic rings. The first-order chi connectivity index (χ1) is 16.4. The minimum Gasteiger partial charge on any atom is -0.493 e. The Bertz CT molecular complexity index is 1190. The number of hydrogen-bond acceptors (Lipinski definition) is 5. The molecular formula is C27H30N2O4S. The molecule has 2 aromatic carbocycles. The highest BCUT2D eigenvalue weighted by Gasteiger charge is 2.21. The molecule has 2 N–H and O–H groups in total. The van der Waals surface area contributed by atoms with E-state index < -0.39 is 5.91 Å². The number of hydrogen-bond donors (Lipinski definition) is 2. The van der Waals surface area contributed by atoms with Crippen molar-refractivity contribution in [2.24, 2.45) is 0 Å². The smallest absolute Gasteiger partial charge is 0.268 e. The van der Waals surface area contributed by atoms with Crippen LogP contribution in [-0.2, 0) is 4.79 Å². The van der Waals surface area contributed by atoms with Crippen LogP contribution in [0, 0.1) is 13.8 Å². The molecule has 0 bridgehead atoms. The van der Waals surface area contributed by atoms with Gasteiger partial charge in [-0.3, -0.25) is 9.59 Å². The van der Waals surface area contributed by atoms with Crippen molar-refractivity contribution in [3.8, 4) is 11.5 Å². The zero-order chi connectivity index (χ0) is 24.7. The van der Waals surface area contributed by atoms with E-state index in [0.29, 0.717) is 23.5 Å². The number of amides is 2. The summed E-state index contributed by atoms with van der Waals surface area (Å²) in [6, 6.07) is 14.7. The van der Waals surface area contributed by atoms with Crippen molar-refractivity contribution in [3.63, 3.8) is 0 Å². The third-order valence-electron chi connectivity index (χ3n) is 5.48. The number of carbonyl (C=O) groups excluding carboxylic acids is 2. The van der Waals surface area contributed by atoms with Crippen molar-refractivity contribution in [1.29, 1.82) is 0 Å². The lowest BCUT2D eigenvalue weighted by Crippen LogP contribution is -2.37.